The number of halogens is 1. The minimum atomic E-state index is -0.306. The number of hydrogen-bond donors (Lipinski definition) is 0. The molecule has 5 nitrogen and oxygen atoms in total. The first kappa shape index (κ1) is 16.6. The molecule has 0 unspecified atom stereocenters. The van der Waals surface area contributed by atoms with Gasteiger partial charge in [-0.1, -0.05) is 6.07 Å². The molecule has 1 aromatic heterocycles. The van der Waals surface area contributed by atoms with Crippen LogP contribution in [0.1, 0.15) is 18.5 Å². The molecule has 1 aromatic carbocycles. The van der Waals surface area contributed by atoms with Crippen molar-refractivity contribution in [3.8, 4) is 11.5 Å². The van der Waals surface area contributed by atoms with Gasteiger partial charge in [0, 0.05) is 32.1 Å². The van der Waals surface area contributed by atoms with Crippen LogP contribution in [0, 0.1) is 11.7 Å². The first-order valence-electron chi connectivity index (χ1n) is 8.17. The zero-order valence-corrected chi connectivity index (χ0v) is 14.0. The molecule has 0 saturated carbocycles. The number of oxazole rings is 1. The molecule has 6 heteroatoms. The number of nitrogens with zero attached hydrogens (tertiary/aromatic N) is 3. The van der Waals surface area contributed by atoms with E-state index in [1.165, 1.54) is 12.1 Å². The van der Waals surface area contributed by atoms with Crippen molar-refractivity contribution in [3.63, 3.8) is 0 Å². The van der Waals surface area contributed by atoms with E-state index in [0.29, 0.717) is 18.0 Å². The van der Waals surface area contributed by atoms with E-state index < -0.39 is 0 Å². The molecule has 128 valence electrons. The van der Waals surface area contributed by atoms with E-state index in [0.717, 1.165) is 31.6 Å². The van der Waals surface area contributed by atoms with Crippen LogP contribution < -0.4 is 0 Å². The van der Waals surface area contributed by atoms with Crippen LogP contribution in [-0.2, 0) is 11.3 Å². The van der Waals surface area contributed by atoms with Gasteiger partial charge in [0.2, 0.25) is 11.8 Å². The van der Waals surface area contributed by atoms with Gasteiger partial charge in [0.05, 0.1) is 5.69 Å². The minimum absolute atomic E-state index is 0.122. The molecule has 2 heterocycles. The second-order valence-electron chi connectivity index (χ2n) is 6.44. The number of aromatic nitrogens is 1. The maximum absolute atomic E-state index is 13.3. The van der Waals surface area contributed by atoms with Gasteiger partial charge in [0.15, 0.2) is 0 Å². The quantitative estimate of drug-likeness (QED) is 0.864. The molecule has 0 aliphatic carbocycles. The second-order valence-corrected chi connectivity index (χ2v) is 6.44. The molecule has 24 heavy (non-hydrogen) atoms. The second kappa shape index (κ2) is 7.13. The Kier molecular flexibility index (Phi) is 4.94. The monoisotopic (exact) mass is 331 g/mol. The smallest absolute Gasteiger partial charge is 0.226 e. The lowest BCUT2D eigenvalue weighted by Crippen LogP contribution is -2.39. The first-order valence-corrected chi connectivity index (χ1v) is 8.17. The van der Waals surface area contributed by atoms with Crippen molar-refractivity contribution in [1.29, 1.82) is 0 Å². The molecule has 1 aliphatic heterocycles. The highest BCUT2D eigenvalue weighted by atomic mass is 19.1. The molecule has 1 fully saturated rings. The molecular formula is C18H22FN3O2. The first-order chi connectivity index (χ1) is 11.5. The normalized spacial score (nSPS) is 16.3. The van der Waals surface area contributed by atoms with Gasteiger partial charge in [-0.2, -0.15) is 0 Å². The third kappa shape index (κ3) is 3.82. The molecule has 3 rings (SSSR count). The van der Waals surface area contributed by atoms with Gasteiger partial charge in [0.1, 0.15) is 12.1 Å². The standard InChI is InChI=1S/C18H22FN3O2/c1-21(2)18(23)13-6-8-22(9-7-13)11-16-12-24-17(20-16)14-4-3-5-15(19)10-14/h3-5,10,12-13H,6-9,11H2,1-2H3. The van der Waals surface area contributed by atoms with Gasteiger partial charge >= 0.3 is 0 Å². The fourth-order valence-electron chi connectivity index (χ4n) is 3.07. The number of rotatable bonds is 4. The van der Waals surface area contributed by atoms with Crippen LogP contribution >= 0.6 is 0 Å². The van der Waals surface area contributed by atoms with Crippen molar-refractivity contribution in [3.05, 3.63) is 42.0 Å². The van der Waals surface area contributed by atoms with Crippen LogP contribution in [0.25, 0.3) is 11.5 Å². The number of benzene rings is 1. The lowest BCUT2D eigenvalue weighted by atomic mass is 9.95. The van der Waals surface area contributed by atoms with E-state index >= 15 is 0 Å². The highest BCUT2D eigenvalue weighted by Crippen LogP contribution is 2.23. The van der Waals surface area contributed by atoms with Gasteiger partial charge in [-0.05, 0) is 44.1 Å². The molecule has 0 spiro atoms. The van der Waals surface area contributed by atoms with Crippen molar-refractivity contribution in [1.82, 2.24) is 14.8 Å². The Bertz CT molecular complexity index is 706. The Morgan fingerprint density at radius 1 is 1.38 bits per heavy atom. The lowest BCUT2D eigenvalue weighted by Gasteiger charge is -2.31. The summed E-state index contributed by atoms with van der Waals surface area (Å²) < 4.78 is 18.8. The van der Waals surface area contributed by atoms with E-state index in [4.69, 9.17) is 4.42 Å². The number of carbonyl (C=O) groups excluding carboxylic acids is 1. The van der Waals surface area contributed by atoms with Crippen LogP contribution in [0.15, 0.2) is 34.9 Å². The Morgan fingerprint density at radius 3 is 2.79 bits per heavy atom. The predicted octanol–water partition coefficient (Wildman–Crippen LogP) is 2.78. The molecular weight excluding hydrogens is 309 g/mol. The van der Waals surface area contributed by atoms with Crippen LogP contribution in [0.5, 0.6) is 0 Å². The molecule has 1 amide bonds. The highest BCUT2D eigenvalue weighted by Gasteiger charge is 2.26. The van der Waals surface area contributed by atoms with Crippen molar-refractivity contribution >= 4 is 5.91 Å². The Morgan fingerprint density at radius 2 is 2.12 bits per heavy atom. The maximum atomic E-state index is 13.3. The summed E-state index contributed by atoms with van der Waals surface area (Å²) >= 11 is 0. The summed E-state index contributed by atoms with van der Waals surface area (Å²) in [5, 5.41) is 0. The van der Waals surface area contributed by atoms with E-state index in [1.807, 2.05) is 0 Å². The van der Waals surface area contributed by atoms with Crippen molar-refractivity contribution in [2.45, 2.75) is 19.4 Å². The van der Waals surface area contributed by atoms with Gasteiger partial charge in [-0.15, -0.1) is 0 Å². The summed E-state index contributed by atoms with van der Waals surface area (Å²) in [5.41, 5.74) is 1.46. The van der Waals surface area contributed by atoms with Gasteiger partial charge in [0.25, 0.3) is 0 Å². The third-order valence-corrected chi connectivity index (χ3v) is 4.39. The Hall–Kier alpha value is -2.21. The van der Waals surface area contributed by atoms with Crippen LogP contribution in [0.3, 0.4) is 0 Å². The van der Waals surface area contributed by atoms with E-state index in [1.54, 1.807) is 37.4 Å². The summed E-state index contributed by atoms with van der Waals surface area (Å²) in [5.74, 6) is 0.461. The lowest BCUT2D eigenvalue weighted by molar-refractivity contribution is -0.134. The SMILES string of the molecule is CN(C)C(=O)C1CCN(Cc2coc(-c3cccc(F)c3)n2)CC1. The van der Waals surface area contributed by atoms with Crippen molar-refractivity contribution in [2.24, 2.45) is 5.92 Å². The summed E-state index contributed by atoms with van der Waals surface area (Å²) in [6, 6.07) is 6.22. The maximum Gasteiger partial charge on any atom is 0.226 e. The molecule has 0 bridgehead atoms. The average Bonchev–Trinajstić information content (AvgIpc) is 3.03. The number of amides is 1. The zero-order chi connectivity index (χ0) is 17.1. The van der Waals surface area contributed by atoms with Crippen molar-refractivity contribution in [2.75, 3.05) is 27.2 Å². The highest BCUT2D eigenvalue weighted by molar-refractivity contribution is 5.78. The summed E-state index contributed by atoms with van der Waals surface area (Å²) in [6.07, 6.45) is 3.36. The molecule has 1 saturated heterocycles. The molecule has 2 aromatic rings. The summed E-state index contributed by atoms with van der Waals surface area (Å²) in [7, 11) is 3.61. The molecule has 0 atom stereocenters. The zero-order valence-electron chi connectivity index (χ0n) is 14.0. The van der Waals surface area contributed by atoms with E-state index in [-0.39, 0.29) is 17.6 Å². The molecule has 0 N–H and O–H groups in total. The average molecular weight is 331 g/mol. The van der Waals surface area contributed by atoms with Gasteiger partial charge in [-0.3, -0.25) is 9.69 Å². The number of likely N-dealkylation sites (tertiary alicyclic amines) is 1. The van der Waals surface area contributed by atoms with E-state index in [2.05, 4.69) is 9.88 Å². The summed E-state index contributed by atoms with van der Waals surface area (Å²) in [6.45, 7) is 2.42. The Balaban J connectivity index is 1.57. The number of carbonyl (C=O) groups is 1. The largest absolute Gasteiger partial charge is 0.444 e. The van der Waals surface area contributed by atoms with Gasteiger partial charge < -0.3 is 9.32 Å². The van der Waals surface area contributed by atoms with E-state index in [9.17, 15) is 9.18 Å². The fourth-order valence-corrected chi connectivity index (χ4v) is 3.07. The van der Waals surface area contributed by atoms with Crippen molar-refractivity contribution < 1.29 is 13.6 Å². The van der Waals surface area contributed by atoms with Crippen LogP contribution in [-0.4, -0.2) is 47.9 Å². The fraction of sp³-hybridized carbons (Fsp3) is 0.444. The Labute approximate surface area is 141 Å². The summed E-state index contributed by atoms with van der Waals surface area (Å²) in [4.78, 5) is 20.4. The van der Waals surface area contributed by atoms with Gasteiger partial charge in [-0.25, -0.2) is 9.37 Å². The number of hydrogen-bond acceptors (Lipinski definition) is 4. The topological polar surface area (TPSA) is 49.6 Å². The predicted molar refractivity (Wildman–Crippen MR) is 88.6 cm³/mol. The van der Waals surface area contributed by atoms with Crippen LogP contribution in [0.2, 0.25) is 0 Å². The molecule has 1 aliphatic rings. The number of piperidine rings is 1. The van der Waals surface area contributed by atoms with Crippen LogP contribution in [0.4, 0.5) is 4.39 Å². The molecule has 0 radical (unpaired) electrons. The third-order valence-electron chi connectivity index (χ3n) is 4.39. The minimum Gasteiger partial charge on any atom is -0.444 e.